The molecule has 1 N–H and O–H groups in total. The Bertz CT molecular complexity index is 132. The quantitative estimate of drug-likeness (QED) is 0.498. The fourth-order valence-corrected chi connectivity index (χ4v) is 1.70. The third-order valence-corrected chi connectivity index (χ3v) is 3.51. The summed E-state index contributed by atoms with van der Waals surface area (Å²) in [6.07, 6.45) is 2.18. The van der Waals surface area contributed by atoms with Gasteiger partial charge in [0.25, 0.3) is 0 Å². The summed E-state index contributed by atoms with van der Waals surface area (Å²) in [5, 5.41) is 10.8. The Hall–Kier alpha value is 0.180. The molecule has 0 aromatic carbocycles. The van der Waals surface area contributed by atoms with E-state index in [9.17, 15) is 5.11 Å². The molecule has 1 nitrogen and oxygen atoms in total. The molecule has 0 aliphatic heterocycles. The molecule has 0 fully saturated rings. The van der Waals surface area contributed by atoms with Gasteiger partial charge in [0.2, 0.25) is 0 Å². The predicted octanol–water partition coefficient (Wildman–Crippen LogP) is 2.98. The highest BCUT2D eigenvalue weighted by molar-refractivity contribution is 7.99. The van der Waals surface area contributed by atoms with Gasteiger partial charge in [-0.15, -0.1) is 0 Å². The summed E-state index contributed by atoms with van der Waals surface area (Å²) in [6.45, 7) is 8.50. The minimum absolute atomic E-state index is 0.366. The van der Waals surface area contributed by atoms with Crippen LogP contribution in [-0.2, 0) is 0 Å². The molecular formula is C9H20OS. The zero-order valence-corrected chi connectivity index (χ0v) is 8.86. The molecule has 11 heavy (non-hydrogen) atoms. The first kappa shape index (κ1) is 11.2. The second-order valence-electron chi connectivity index (χ2n) is 3.05. The molecule has 2 atom stereocenters. The molecule has 0 heterocycles. The lowest BCUT2D eigenvalue weighted by molar-refractivity contribution is 0.503. The molecule has 0 rings (SSSR count). The fourth-order valence-electron chi connectivity index (χ4n) is 0.627. The first-order valence-electron chi connectivity index (χ1n) is 4.38. The molecule has 0 aromatic rings. The van der Waals surface area contributed by atoms with Crippen LogP contribution in [-0.4, -0.2) is 15.4 Å². The van der Waals surface area contributed by atoms with Crippen molar-refractivity contribution in [3.8, 4) is 0 Å². The molecule has 0 bridgehead atoms. The Balaban J connectivity index is 3.98. The van der Waals surface area contributed by atoms with E-state index < -0.39 is 0 Å². The third-order valence-electron chi connectivity index (χ3n) is 2.00. The average molecular weight is 176 g/mol. The summed E-state index contributed by atoms with van der Waals surface area (Å²) in [5.41, 5.74) is 0. The van der Waals surface area contributed by atoms with E-state index in [0.29, 0.717) is 16.2 Å². The maximum atomic E-state index is 9.52. The molecule has 2 heteroatoms. The van der Waals surface area contributed by atoms with Crippen LogP contribution in [0.5, 0.6) is 0 Å². The highest BCUT2D eigenvalue weighted by Crippen LogP contribution is 2.12. The van der Waals surface area contributed by atoms with Crippen LogP contribution >= 0.6 is 11.4 Å². The predicted molar refractivity (Wildman–Crippen MR) is 55.8 cm³/mol. The Morgan fingerprint density at radius 3 is 2.18 bits per heavy atom. The molecular weight excluding hydrogens is 156 g/mol. The smallest absolute Gasteiger partial charge is 0.0725 e. The van der Waals surface area contributed by atoms with Crippen molar-refractivity contribution >= 4 is 16.4 Å². The minimum Gasteiger partial charge on any atom is -0.359 e. The largest absolute Gasteiger partial charge is 0.359 e. The van der Waals surface area contributed by atoms with Crippen molar-refractivity contribution in [1.82, 2.24) is 0 Å². The van der Waals surface area contributed by atoms with Gasteiger partial charge in [-0.3, -0.25) is 0 Å². The van der Waals surface area contributed by atoms with Gasteiger partial charge in [0.15, 0.2) is 0 Å². The van der Waals surface area contributed by atoms with E-state index in [1.807, 2.05) is 0 Å². The van der Waals surface area contributed by atoms with Crippen LogP contribution in [0.2, 0.25) is 0 Å². The first-order chi connectivity index (χ1) is 5.11. The standard InChI is InChI=1S/C9H20OS/c1-5-7(3)9(10)11-8(4)6-2/h7-8,10-11H,5-6H2,1-4H3. The van der Waals surface area contributed by atoms with Gasteiger partial charge >= 0.3 is 0 Å². The van der Waals surface area contributed by atoms with Crippen LogP contribution in [0.25, 0.3) is 0 Å². The Morgan fingerprint density at radius 2 is 1.82 bits per heavy atom. The molecule has 0 aliphatic carbocycles. The van der Waals surface area contributed by atoms with Crippen LogP contribution in [0, 0.1) is 5.92 Å². The van der Waals surface area contributed by atoms with Gasteiger partial charge in [-0.1, -0.05) is 27.7 Å². The van der Waals surface area contributed by atoms with Crippen molar-refractivity contribution in [2.75, 3.05) is 0 Å². The number of hydrogen-bond acceptors (Lipinski definition) is 0. The summed E-state index contributed by atoms with van der Waals surface area (Å²) in [6, 6.07) is 0. The van der Waals surface area contributed by atoms with Crippen LogP contribution in [0.15, 0.2) is 0 Å². The summed E-state index contributed by atoms with van der Waals surface area (Å²) in [5.74, 6) is 0.366. The highest BCUT2D eigenvalue weighted by Gasteiger charge is 2.03. The van der Waals surface area contributed by atoms with Crippen LogP contribution in [0.3, 0.4) is 0 Å². The van der Waals surface area contributed by atoms with Gasteiger partial charge in [-0.25, -0.2) is 0 Å². The summed E-state index contributed by atoms with van der Waals surface area (Å²) in [4.78, 5) is 0. The van der Waals surface area contributed by atoms with E-state index in [4.69, 9.17) is 0 Å². The molecule has 68 valence electrons. The van der Waals surface area contributed by atoms with Gasteiger partial charge in [0.05, 0.1) is 5.05 Å². The molecule has 0 aliphatic rings. The molecule has 0 aromatic heterocycles. The van der Waals surface area contributed by atoms with E-state index in [1.54, 1.807) is 0 Å². The van der Waals surface area contributed by atoms with Crippen LogP contribution in [0.4, 0.5) is 0 Å². The maximum Gasteiger partial charge on any atom is 0.0725 e. The first-order valence-corrected chi connectivity index (χ1v) is 5.34. The highest BCUT2D eigenvalue weighted by atomic mass is 32.1. The second kappa shape index (κ2) is 5.78. The van der Waals surface area contributed by atoms with Crippen molar-refractivity contribution in [2.24, 2.45) is 5.92 Å². The van der Waals surface area contributed by atoms with Crippen molar-refractivity contribution in [3.05, 3.63) is 0 Å². The maximum absolute atomic E-state index is 9.52. The zero-order chi connectivity index (χ0) is 8.85. The molecule has 0 saturated heterocycles. The Labute approximate surface area is 73.8 Å². The van der Waals surface area contributed by atoms with Crippen molar-refractivity contribution in [2.45, 2.75) is 45.8 Å². The van der Waals surface area contributed by atoms with Crippen molar-refractivity contribution in [1.29, 1.82) is 0 Å². The summed E-state index contributed by atoms with van der Waals surface area (Å²) in [7, 11) is 0. The SMILES string of the molecule is CCC(C)[SH]=C(O)C(C)CC. The molecule has 0 saturated carbocycles. The van der Waals surface area contributed by atoms with E-state index in [0.717, 1.165) is 24.2 Å². The number of aliphatic hydroxyl groups is 1. The zero-order valence-electron chi connectivity index (χ0n) is 7.96. The third kappa shape index (κ3) is 4.59. The molecule has 0 radical (unpaired) electrons. The van der Waals surface area contributed by atoms with Crippen LogP contribution in [0.1, 0.15) is 40.5 Å². The average Bonchev–Trinajstić information content (AvgIpc) is 2.02. The number of rotatable bonds is 4. The van der Waals surface area contributed by atoms with Crippen LogP contribution < -0.4 is 0 Å². The van der Waals surface area contributed by atoms with Gasteiger partial charge in [-0.05, 0) is 18.1 Å². The molecule has 0 spiro atoms. The summed E-state index contributed by atoms with van der Waals surface area (Å²) < 4.78 is 0. The summed E-state index contributed by atoms with van der Waals surface area (Å²) >= 11 is 1.12. The van der Waals surface area contributed by atoms with E-state index >= 15 is 0 Å². The van der Waals surface area contributed by atoms with E-state index in [-0.39, 0.29) is 0 Å². The van der Waals surface area contributed by atoms with Gasteiger partial charge in [0, 0.05) is 5.92 Å². The van der Waals surface area contributed by atoms with Crippen molar-refractivity contribution in [3.63, 3.8) is 0 Å². The minimum atomic E-state index is 0.366. The lowest BCUT2D eigenvalue weighted by atomic mass is 10.1. The molecule has 0 amide bonds. The van der Waals surface area contributed by atoms with Gasteiger partial charge < -0.3 is 5.11 Å². The van der Waals surface area contributed by atoms with Gasteiger partial charge in [-0.2, -0.15) is 11.4 Å². The van der Waals surface area contributed by atoms with Crippen molar-refractivity contribution < 1.29 is 5.11 Å². The lowest BCUT2D eigenvalue weighted by Gasteiger charge is -2.10. The molecule has 2 unspecified atom stereocenters. The van der Waals surface area contributed by atoms with E-state index in [2.05, 4.69) is 27.7 Å². The second-order valence-corrected chi connectivity index (χ2v) is 4.65. The van der Waals surface area contributed by atoms with E-state index in [1.165, 1.54) is 0 Å². The number of hydrogen-bond donors (Lipinski definition) is 2. The lowest BCUT2D eigenvalue weighted by Crippen LogP contribution is -2.08. The monoisotopic (exact) mass is 176 g/mol. The Morgan fingerprint density at radius 1 is 1.27 bits per heavy atom. The number of aliphatic hydroxyl groups excluding tert-OH is 1. The topological polar surface area (TPSA) is 20.2 Å². The van der Waals surface area contributed by atoms with Gasteiger partial charge in [0.1, 0.15) is 0 Å². The Kier molecular flexibility index (Phi) is 5.88. The fraction of sp³-hybridized carbons (Fsp3) is 0.889. The number of thiol groups is 1. The normalized spacial score (nSPS) is 18.8.